The molecule has 0 radical (unpaired) electrons. The minimum atomic E-state index is -0.422. The third kappa shape index (κ3) is 4.16. The molecule has 2 aromatic rings. The van der Waals surface area contributed by atoms with E-state index >= 15 is 0 Å². The van der Waals surface area contributed by atoms with Gasteiger partial charge in [-0.25, -0.2) is 0 Å². The Morgan fingerprint density at radius 1 is 1.17 bits per heavy atom. The van der Waals surface area contributed by atoms with Gasteiger partial charge in [-0.15, -0.1) is 11.3 Å². The number of benzene rings is 1. The normalized spacial score (nSPS) is 26.3. The Balaban J connectivity index is 1.71. The summed E-state index contributed by atoms with van der Waals surface area (Å²) in [5.74, 6) is 0.301. The number of amides is 2. The van der Waals surface area contributed by atoms with Crippen LogP contribution in [0.3, 0.4) is 0 Å². The van der Waals surface area contributed by atoms with Crippen LogP contribution in [0, 0.1) is 5.92 Å². The molecule has 1 aliphatic heterocycles. The Hall–Kier alpha value is -2.18. The molecular formula is C24H30N2O3S. The quantitative estimate of drug-likeness (QED) is 0.746. The second-order valence-electron chi connectivity index (χ2n) is 8.48. The summed E-state index contributed by atoms with van der Waals surface area (Å²) in [7, 11) is 1.64. The number of carbonyl (C=O) groups is 2. The van der Waals surface area contributed by atoms with Gasteiger partial charge in [0.15, 0.2) is 0 Å². The number of thiophene rings is 1. The maximum Gasteiger partial charge on any atom is 0.254 e. The number of ether oxygens (including phenoxy) is 1. The molecule has 0 saturated heterocycles. The van der Waals surface area contributed by atoms with E-state index in [1.807, 2.05) is 46.7 Å². The number of nitrogens with one attached hydrogen (secondary N) is 1. The first-order chi connectivity index (χ1) is 14.6. The second kappa shape index (κ2) is 9.31. The van der Waals surface area contributed by atoms with Crippen molar-refractivity contribution in [2.45, 2.75) is 50.6 Å². The molecule has 2 aliphatic rings. The van der Waals surface area contributed by atoms with Crippen molar-refractivity contribution >= 4 is 23.2 Å². The second-order valence-corrected chi connectivity index (χ2v) is 9.46. The van der Waals surface area contributed by atoms with Crippen LogP contribution in [0.5, 0.6) is 0 Å². The van der Waals surface area contributed by atoms with E-state index in [4.69, 9.17) is 4.74 Å². The highest BCUT2D eigenvalue weighted by atomic mass is 32.1. The minimum absolute atomic E-state index is 0.0234. The van der Waals surface area contributed by atoms with Gasteiger partial charge in [0.05, 0.1) is 18.6 Å². The highest BCUT2D eigenvalue weighted by Crippen LogP contribution is 2.44. The van der Waals surface area contributed by atoms with Gasteiger partial charge in [-0.2, -0.15) is 0 Å². The lowest BCUT2D eigenvalue weighted by atomic mass is 9.80. The van der Waals surface area contributed by atoms with Crippen molar-refractivity contribution in [3.8, 4) is 0 Å². The maximum atomic E-state index is 13.7. The molecule has 1 saturated carbocycles. The summed E-state index contributed by atoms with van der Waals surface area (Å²) >= 11 is 1.60. The van der Waals surface area contributed by atoms with Crippen molar-refractivity contribution in [2.24, 2.45) is 5.92 Å². The summed E-state index contributed by atoms with van der Waals surface area (Å²) in [6.45, 7) is 3.17. The number of methoxy groups -OCH3 is 1. The fourth-order valence-corrected chi connectivity index (χ4v) is 5.66. The van der Waals surface area contributed by atoms with E-state index in [0.717, 1.165) is 42.0 Å². The van der Waals surface area contributed by atoms with Crippen LogP contribution in [-0.2, 0) is 9.53 Å². The van der Waals surface area contributed by atoms with Crippen LogP contribution in [0.1, 0.15) is 65.4 Å². The predicted octanol–water partition coefficient (Wildman–Crippen LogP) is 4.37. The third-order valence-electron chi connectivity index (χ3n) is 6.45. The topological polar surface area (TPSA) is 58.6 Å². The van der Waals surface area contributed by atoms with Crippen molar-refractivity contribution in [3.63, 3.8) is 0 Å². The number of nitrogens with zero attached hydrogens (tertiary/aromatic N) is 1. The molecule has 1 aromatic heterocycles. The van der Waals surface area contributed by atoms with E-state index in [-0.39, 0.29) is 23.9 Å². The average Bonchev–Trinajstić information content (AvgIpc) is 3.29. The zero-order valence-corrected chi connectivity index (χ0v) is 18.5. The van der Waals surface area contributed by atoms with E-state index in [1.165, 1.54) is 0 Å². The number of hydrogen-bond donors (Lipinski definition) is 1. The van der Waals surface area contributed by atoms with E-state index < -0.39 is 5.92 Å². The van der Waals surface area contributed by atoms with Crippen LogP contribution < -0.4 is 5.32 Å². The van der Waals surface area contributed by atoms with E-state index in [1.54, 1.807) is 18.4 Å². The molecule has 1 fully saturated rings. The lowest BCUT2D eigenvalue weighted by Crippen LogP contribution is -2.50. The van der Waals surface area contributed by atoms with Gasteiger partial charge in [-0.3, -0.25) is 9.59 Å². The largest absolute Gasteiger partial charge is 0.383 e. The Bertz CT molecular complexity index is 874. The smallest absolute Gasteiger partial charge is 0.254 e. The van der Waals surface area contributed by atoms with Gasteiger partial charge in [-0.1, -0.05) is 31.2 Å². The van der Waals surface area contributed by atoms with Gasteiger partial charge >= 0.3 is 0 Å². The molecular weight excluding hydrogens is 396 g/mol. The molecule has 4 rings (SSSR count). The van der Waals surface area contributed by atoms with Gasteiger partial charge in [-0.05, 0) is 54.7 Å². The standard InChI is InChI=1S/C24H30N2O3S/c1-16-9-11-17(12-10-16)25-23(27)21-18-6-3-4-7-19(18)24(28)26(13-14-29-2)22(21)20-8-5-15-30-20/h3-8,15-17,21-22H,9-14H2,1-2H3,(H,25,27)/t16-,17-,21?,22?. The first kappa shape index (κ1) is 21.1. The first-order valence-corrected chi connectivity index (χ1v) is 11.7. The molecule has 0 spiro atoms. The highest BCUT2D eigenvalue weighted by Gasteiger charge is 2.44. The average molecular weight is 427 g/mol. The minimum Gasteiger partial charge on any atom is -0.383 e. The first-order valence-electron chi connectivity index (χ1n) is 10.8. The molecule has 1 aromatic carbocycles. The summed E-state index contributed by atoms with van der Waals surface area (Å²) in [6, 6.07) is 11.5. The molecule has 2 unspecified atom stereocenters. The number of hydrogen-bond acceptors (Lipinski definition) is 4. The molecule has 2 heterocycles. The molecule has 160 valence electrons. The van der Waals surface area contributed by atoms with Gasteiger partial charge in [0, 0.05) is 30.1 Å². The summed E-state index contributed by atoms with van der Waals surface area (Å²) in [5, 5.41) is 5.34. The third-order valence-corrected chi connectivity index (χ3v) is 7.40. The van der Waals surface area contributed by atoms with Crippen molar-refractivity contribution in [1.29, 1.82) is 0 Å². The van der Waals surface area contributed by atoms with Gasteiger partial charge in [0.1, 0.15) is 0 Å². The van der Waals surface area contributed by atoms with Crippen molar-refractivity contribution in [1.82, 2.24) is 10.2 Å². The molecule has 0 bridgehead atoms. The van der Waals surface area contributed by atoms with Crippen LogP contribution in [0.4, 0.5) is 0 Å². The Kier molecular flexibility index (Phi) is 6.54. The lowest BCUT2D eigenvalue weighted by molar-refractivity contribution is -0.125. The van der Waals surface area contributed by atoms with E-state index in [0.29, 0.717) is 18.7 Å². The molecule has 1 N–H and O–H groups in total. The van der Waals surface area contributed by atoms with Crippen LogP contribution >= 0.6 is 11.3 Å². The number of fused-ring (bicyclic) bond motifs is 1. The molecule has 30 heavy (non-hydrogen) atoms. The van der Waals surface area contributed by atoms with Gasteiger partial charge in [0.2, 0.25) is 5.91 Å². The Morgan fingerprint density at radius 3 is 2.63 bits per heavy atom. The van der Waals surface area contributed by atoms with Crippen LogP contribution in [-0.4, -0.2) is 43.0 Å². The Labute approximate surface area is 182 Å². The van der Waals surface area contributed by atoms with Crippen LogP contribution in [0.15, 0.2) is 41.8 Å². The van der Waals surface area contributed by atoms with Gasteiger partial charge < -0.3 is 15.0 Å². The zero-order chi connectivity index (χ0) is 21.1. The SMILES string of the molecule is COCCN1C(=O)c2ccccc2C(C(=O)N[C@H]2CC[C@H](C)CC2)C1c1cccs1. The molecule has 1 aliphatic carbocycles. The van der Waals surface area contributed by atoms with Gasteiger partial charge in [0.25, 0.3) is 5.91 Å². The summed E-state index contributed by atoms with van der Waals surface area (Å²) < 4.78 is 5.28. The fraction of sp³-hybridized carbons (Fsp3) is 0.500. The zero-order valence-electron chi connectivity index (χ0n) is 17.7. The Morgan fingerprint density at radius 2 is 1.93 bits per heavy atom. The summed E-state index contributed by atoms with van der Waals surface area (Å²) in [4.78, 5) is 29.9. The van der Waals surface area contributed by atoms with Crippen molar-refractivity contribution in [3.05, 3.63) is 57.8 Å². The number of rotatable bonds is 6. The monoisotopic (exact) mass is 426 g/mol. The summed E-state index contributed by atoms with van der Waals surface area (Å²) in [6.07, 6.45) is 4.35. The van der Waals surface area contributed by atoms with Crippen molar-refractivity contribution in [2.75, 3.05) is 20.3 Å². The van der Waals surface area contributed by atoms with Crippen molar-refractivity contribution < 1.29 is 14.3 Å². The molecule has 5 nitrogen and oxygen atoms in total. The highest BCUT2D eigenvalue weighted by molar-refractivity contribution is 7.10. The molecule has 6 heteroatoms. The predicted molar refractivity (Wildman–Crippen MR) is 119 cm³/mol. The van der Waals surface area contributed by atoms with Crippen LogP contribution in [0.2, 0.25) is 0 Å². The maximum absolute atomic E-state index is 13.7. The fourth-order valence-electron chi connectivity index (χ4n) is 4.78. The van der Waals surface area contributed by atoms with E-state index in [9.17, 15) is 9.59 Å². The number of carbonyl (C=O) groups excluding carboxylic acids is 2. The molecule has 2 amide bonds. The lowest BCUT2D eigenvalue weighted by Gasteiger charge is -2.41. The summed E-state index contributed by atoms with van der Waals surface area (Å²) in [5.41, 5.74) is 1.45. The van der Waals surface area contributed by atoms with E-state index in [2.05, 4.69) is 12.2 Å². The van der Waals surface area contributed by atoms with Crippen LogP contribution in [0.25, 0.3) is 0 Å². The molecule has 2 atom stereocenters.